The van der Waals surface area contributed by atoms with Crippen molar-refractivity contribution in [3.05, 3.63) is 35.4 Å². The van der Waals surface area contributed by atoms with Crippen molar-refractivity contribution >= 4 is 12.6 Å². The van der Waals surface area contributed by atoms with Crippen LogP contribution < -0.4 is 0 Å². The van der Waals surface area contributed by atoms with E-state index in [9.17, 15) is 0 Å². The summed E-state index contributed by atoms with van der Waals surface area (Å²) in [4.78, 5) is 0. The van der Waals surface area contributed by atoms with Gasteiger partial charge in [0.1, 0.15) is 0 Å². The molecular weight excluding hydrogens is 337 g/mol. The van der Waals surface area contributed by atoms with Crippen LogP contribution in [0.1, 0.15) is 18.1 Å². The summed E-state index contributed by atoms with van der Waals surface area (Å²) >= 11 is 4.90. The van der Waals surface area contributed by atoms with Crippen LogP contribution in [0.2, 0.25) is 0 Å². The summed E-state index contributed by atoms with van der Waals surface area (Å²) in [6, 6.07) is 8.49. The second kappa shape index (κ2) is 5.90. The number of aryl methyl sites for hydroxylation is 1. The Bertz CT molecular complexity index is 170. The summed E-state index contributed by atoms with van der Waals surface area (Å²) in [5, 5.41) is 0. The summed E-state index contributed by atoms with van der Waals surface area (Å²) in [6.45, 7) is 2.16. The third kappa shape index (κ3) is 3.48. The van der Waals surface area contributed by atoms with Gasteiger partial charge in [-0.1, -0.05) is 36.8 Å². The van der Waals surface area contributed by atoms with E-state index in [4.69, 9.17) is 12.6 Å². The van der Waals surface area contributed by atoms with Gasteiger partial charge < -0.3 is 12.6 Å². The Morgan fingerprint density at radius 3 is 1.91 bits per heavy atom. The maximum atomic E-state index is 4.90. The smallest absolute Gasteiger partial charge is 0.788 e. The first kappa shape index (κ1) is 11.3. The van der Waals surface area contributed by atoms with Crippen molar-refractivity contribution in [3.63, 3.8) is 0 Å². The van der Waals surface area contributed by atoms with E-state index < -0.39 is 0 Å². The minimum Gasteiger partial charge on any atom is -0.788 e. The fraction of sp³-hybridized carbons (Fsp3) is 0.333. The fourth-order valence-corrected chi connectivity index (χ4v) is 1.06. The Morgan fingerprint density at radius 2 is 1.55 bits per heavy atom. The molecule has 0 bridgehead atoms. The standard InChI is InChI=1S/C9H12S.Au/c1-2-8-3-5-9(7-10)6-4-8;/h3-6,10H,2,7H2,1H3;/q;+1/p-1. The van der Waals surface area contributed by atoms with Gasteiger partial charge in [-0.15, -0.1) is 0 Å². The molecule has 0 aromatic heterocycles. The van der Waals surface area contributed by atoms with Crippen LogP contribution in [0.15, 0.2) is 24.3 Å². The van der Waals surface area contributed by atoms with Gasteiger partial charge in [0.25, 0.3) is 0 Å². The molecule has 1 aromatic carbocycles. The molecular formula is C9H11AuS. The van der Waals surface area contributed by atoms with Gasteiger partial charge in [-0.25, -0.2) is 0 Å². The average molecular weight is 348 g/mol. The van der Waals surface area contributed by atoms with Crippen molar-refractivity contribution in [1.82, 2.24) is 0 Å². The van der Waals surface area contributed by atoms with E-state index in [-0.39, 0.29) is 22.4 Å². The molecule has 0 amide bonds. The van der Waals surface area contributed by atoms with E-state index in [0.29, 0.717) is 0 Å². The third-order valence-electron chi connectivity index (χ3n) is 1.60. The van der Waals surface area contributed by atoms with Crippen LogP contribution >= 0.6 is 0 Å². The number of hydrogen-bond donors (Lipinski definition) is 0. The van der Waals surface area contributed by atoms with Gasteiger partial charge >= 0.3 is 22.4 Å². The van der Waals surface area contributed by atoms with Crippen LogP contribution in [-0.2, 0) is 47.2 Å². The molecule has 0 aliphatic heterocycles. The molecule has 0 atom stereocenters. The molecule has 64 valence electrons. The Morgan fingerprint density at radius 1 is 1.09 bits per heavy atom. The van der Waals surface area contributed by atoms with Crippen LogP contribution in [-0.4, -0.2) is 0 Å². The van der Waals surface area contributed by atoms with E-state index in [0.717, 1.165) is 12.2 Å². The molecule has 0 aliphatic carbocycles. The number of benzene rings is 1. The second-order valence-electron chi connectivity index (χ2n) is 2.31. The summed E-state index contributed by atoms with van der Waals surface area (Å²) in [6.07, 6.45) is 1.11. The molecule has 0 radical (unpaired) electrons. The van der Waals surface area contributed by atoms with Gasteiger partial charge in [0.2, 0.25) is 0 Å². The van der Waals surface area contributed by atoms with E-state index in [1.54, 1.807) is 0 Å². The van der Waals surface area contributed by atoms with Crippen LogP contribution in [0.3, 0.4) is 0 Å². The zero-order valence-electron chi connectivity index (χ0n) is 6.43. The summed E-state index contributed by atoms with van der Waals surface area (Å²) in [5.74, 6) is 0.726. The van der Waals surface area contributed by atoms with Crippen molar-refractivity contribution < 1.29 is 22.4 Å². The molecule has 2 heteroatoms. The molecule has 0 saturated carbocycles. The predicted octanol–water partition coefficient (Wildman–Crippen LogP) is 2.29. The fourth-order valence-electron chi connectivity index (χ4n) is 0.871. The van der Waals surface area contributed by atoms with Crippen LogP contribution in [0.25, 0.3) is 0 Å². The van der Waals surface area contributed by atoms with Gasteiger partial charge in [-0.3, -0.25) is 0 Å². The molecule has 0 nitrogen and oxygen atoms in total. The molecule has 0 aliphatic rings. The molecule has 0 fully saturated rings. The first-order chi connectivity index (χ1) is 4.86. The summed E-state index contributed by atoms with van der Waals surface area (Å²) in [5.41, 5.74) is 2.62. The molecule has 11 heavy (non-hydrogen) atoms. The maximum absolute atomic E-state index is 4.90. The zero-order valence-corrected chi connectivity index (χ0v) is 9.42. The Hall–Kier alpha value is 0.310. The normalized spacial score (nSPS) is 8.91. The Balaban J connectivity index is 0.000001000. The van der Waals surface area contributed by atoms with Crippen molar-refractivity contribution in [3.8, 4) is 0 Å². The van der Waals surface area contributed by atoms with Crippen LogP contribution in [0.5, 0.6) is 0 Å². The summed E-state index contributed by atoms with van der Waals surface area (Å²) < 4.78 is 0. The van der Waals surface area contributed by atoms with Crippen LogP contribution in [0, 0.1) is 0 Å². The molecule has 0 N–H and O–H groups in total. The van der Waals surface area contributed by atoms with Crippen molar-refractivity contribution in [2.24, 2.45) is 0 Å². The predicted molar refractivity (Wildman–Crippen MR) is 46.9 cm³/mol. The SMILES string of the molecule is CCc1ccc(C[S-])cc1.[Au+]. The van der Waals surface area contributed by atoms with Gasteiger partial charge in [0.05, 0.1) is 0 Å². The van der Waals surface area contributed by atoms with E-state index >= 15 is 0 Å². The van der Waals surface area contributed by atoms with Gasteiger partial charge in [0, 0.05) is 0 Å². The quantitative estimate of drug-likeness (QED) is 0.584. The second-order valence-corrected chi connectivity index (χ2v) is 2.60. The third-order valence-corrected chi connectivity index (χ3v) is 1.93. The largest absolute Gasteiger partial charge is 1.00 e. The van der Waals surface area contributed by atoms with Crippen LogP contribution in [0.4, 0.5) is 0 Å². The van der Waals surface area contributed by atoms with E-state index in [2.05, 4.69) is 31.2 Å². The zero-order chi connectivity index (χ0) is 7.40. The van der Waals surface area contributed by atoms with Gasteiger partial charge in [-0.05, 0) is 12.0 Å². The maximum Gasteiger partial charge on any atom is 1.00 e. The molecule has 0 spiro atoms. The van der Waals surface area contributed by atoms with Crippen molar-refractivity contribution in [2.75, 3.05) is 0 Å². The molecule has 0 saturated heterocycles. The first-order valence-electron chi connectivity index (χ1n) is 3.52. The Labute approximate surface area is 89.3 Å². The van der Waals surface area contributed by atoms with Crippen molar-refractivity contribution in [1.29, 1.82) is 0 Å². The molecule has 0 heterocycles. The average Bonchev–Trinajstić information content (AvgIpc) is 2.05. The van der Waals surface area contributed by atoms with E-state index in [1.807, 2.05) is 0 Å². The van der Waals surface area contributed by atoms with Gasteiger partial charge in [-0.2, -0.15) is 5.75 Å². The molecule has 1 rings (SSSR count). The number of rotatable bonds is 2. The Kier molecular flexibility index (Phi) is 6.06. The minimum absolute atomic E-state index is 0. The first-order valence-corrected chi connectivity index (χ1v) is 4.10. The minimum atomic E-state index is 0. The molecule has 0 unspecified atom stereocenters. The van der Waals surface area contributed by atoms with Gasteiger partial charge in [0.15, 0.2) is 0 Å². The van der Waals surface area contributed by atoms with Crippen molar-refractivity contribution in [2.45, 2.75) is 19.1 Å². The van der Waals surface area contributed by atoms with E-state index in [1.165, 1.54) is 11.1 Å². The monoisotopic (exact) mass is 348 g/mol. The molecule has 1 aromatic rings. The number of hydrogen-bond acceptors (Lipinski definition) is 1. The topological polar surface area (TPSA) is 0 Å². The summed E-state index contributed by atoms with van der Waals surface area (Å²) in [7, 11) is 0.